The zero-order valence-corrected chi connectivity index (χ0v) is 14.0. The molecule has 0 aromatic heterocycles. The number of hydrogen-bond acceptors (Lipinski definition) is 3. The van der Waals surface area contributed by atoms with Crippen molar-refractivity contribution >= 4 is 33.3 Å². The second kappa shape index (κ2) is 5.84. The Morgan fingerprint density at radius 2 is 1.61 bits per heavy atom. The standard InChI is InChI=1S/C20H21NO2/c1-6-13-8-7-9-14-19(13)16(21(2)3)12-15-17(22-4)10-11-18(23-5)20(14)15/h6-12H,1H2,2-5H3. The van der Waals surface area contributed by atoms with Crippen molar-refractivity contribution < 1.29 is 9.47 Å². The van der Waals surface area contributed by atoms with Gasteiger partial charge in [0.2, 0.25) is 0 Å². The van der Waals surface area contributed by atoms with Gasteiger partial charge in [0.25, 0.3) is 0 Å². The third kappa shape index (κ3) is 2.29. The van der Waals surface area contributed by atoms with Crippen LogP contribution in [0.4, 0.5) is 5.69 Å². The summed E-state index contributed by atoms with van der Waals surface area (Å²) in [4.78, 5) is 2.12. The van der Waals surface area contributed by atoms with Gasteiger partial charge in [-0.3, -0.25) is 0 Å². The minimum absolute atomic E-state index is 0.842. The van der Waals surface area contributed by atoms with Crippen molar-refractivity contribution in [3.8, 4) is 11.5 Å². The quantitative estimate of drug-likeness (QED) is 0.651. The first-order valence-corrected chi connectivity index (χ1v) is 7.52. The van der Waals surface area contributed by atoms with Gasteiger partial charge >= 0.3 is 0 Å². The molecular weight excluding hydrogens is 286 g/mol. The van der Waals surface area contributed by atoms with Gasteiger partial charge in [-0.05, 0) is 29.1 Å². The number of hydrogen-bond donors (Lipinski definition) is 0. The fourth-order valence-electron chi connectivity index (χ4n) is 3.15. The lowest BCUT2D eigenvalue weighted by Crippen LogP contribution is -2.10. The Morgan fingerprint density at radius 3 is 2.22 bits per heavy atom. The molecule has 0 spiro atoms. The highest BCUT2D eigenvalue weighted by Gasteiger charge is 2.16. The van der Waals surface area contributed by atoms with E-state index in [1.54, 1.807) is 14.2 Å². The lowest BCUT2D eigenvalue weighted by atomic mass is 9.95. The summed E-state index contributed by atoms with van der Waals surface area (Å²) in [5, 5.41) is 4.42. The summed E-state index contributed by atoms with van der Waals surface area (Å²) in [6, 6.07) is 12.3. The monoisotopic (exact) mass is 307 g/mol. The van der Waals surface area contributed by atoms with E-state index in [9.17, 15) is 0 Å². The maximum Gasteiger partial charge on any atom is 0.127 e. The predicted molar refractivity (Wildman–Crippen MR) is 99.0 cm³/mol. The molecule has 118 valence electrons. The van der Waals surface area contributed by atoms with Crippen molar-refractivity contribution in [3.05, 3.63) is 48.5 Å². The van der Waals surface area contributed by atoms with E-state index in [1.165, 1.54) is 5.39 Å². The minimum atomic E-state index is 0.842. The van der Waals surface area contributed by atoms with Crippen LogP contribution in [0.5, 0.6) is 11.5 Å². The average molecular weight is 307 g/mol. The van der Waals surface area contributed by atoms with E-state index in [0.29, 0.717) is 0 Å². The summed E-state index contributed by atoms with van der Waals surface area (Å²) < 4.78 is 11.2. The lowest BCUT2D eigenvalue weighted by Gasteiger charge is -2.21. The summed E-state index contributed by atoms with van der Waals surface area (Å²) >= 11 is 0. The Labute approximate surface area is 136 Å². The molecule has 0 fully saturated rings. The Balaban J connectivity index is 2.63. The molecule has 3 aromatic rings. The normalized spacial score (nSPS) is 10.8. The van der Waals surface area contributed by atoms with E-state index >= 15 is 0 Å². The second-order valence-corrected chi connectivity index (χ2v) is 5.66. The fraction of sp³-hybridized carbons (Fsp3) is 0.200. The first-order valence-electron chi connectivity index (χ1n) is 7.52. The molecule has 0 unspecified atom stereocenters. The molecule has 0 aliphatic carbocycles. The van der Waals surface area contributed by atoms with E-state index in [-0.39, 0.29) is 0 Å². The highest BCUT2D eigenvalue weighted by atomic mass is 16.5. The van der Waals surface area contributed by atoms with E-state index < -0.39 is 0 Å². The molecule has 3 heteroatoms. The van der Waals surface area contributed by atoms with Crippen LogP contribution < -0.4 is 14.4 Å². The highest BCUT2D eigenvalue weighted by Crippen LogP contribution is 2.43. The molecule has 0 saturated heterocycles. The van der Waals surface area contributed by atoms with Gasteiger partial charge in [0.05, 0.1) is 14.2 Å². The van der Waals surface area contributed by atoms with Gasteiger partial charge in [0.1, 0.15) is 11.5 Å². The van der Waals surface area contributed by atoms with E-state index in [0.717, 1.165) is 38.9 Å². The van der Waals surface area contributed by atoms with Gasteiger partial charge in [-0.1, -0.05) is 30.9 Å². The topological polar surface area (TPSA) is 21.7 Å². The van der Waals surface area contributed by atoms with Crippen molar-refractivity contribution in [2.75, 3.05) is 33.2 Å². The number of ether oxygens (including phenoxy) is 2. The fourth-order valence-corrected chi connectivity index (χ4v) is 3.15. The van der Waals surface area contributed by atoms with E-state index in [4.69, 9.17) is 9.47 Å². The Hall–Kier alpha value is -2.68. The van der Waals surface area contributed by atoms with Crippen molar-refractivity contribution in [1.82, 2.24) is 0 Å². The number of rotatable bonds is 4. The van der Waals surface area contributed by atoms with E-state index in [1.807, 2.05) is 32.3 Å². The summed E-state index contributed by atoms with van der Waals surface area (Å²) in [6.45, 7) is 3.96. The third-order valence-corrected chi connectivity index (χ3v) is 4.21. The Bertz CT molecular complexity index is 897. The van der Waals surface area contributed by atoms with Gasteiger partial charge in [0, 0.05) is 35.9 Å². The van der Waals surface area contributed by atoms with E-state index in [2.05, 4.69) is 35.7 Å². The molecule has 0 amide bonds. The molecule has 0 aliphatic rings. The smallest absolute Gasteiger partial charge is 0.127 e. The van der Waals surface area contributed by atoms with Gasteiger partial charge in [-0.15, -0.1) is 0 Å². The van der Waals surface area contributed by atoms with Crippen molar-refractivity contribution in [3.63, 3.8) is 0 Å². The molecule has 3 aromatic carbocycles. The molecular formula is C20H21NO2. The number of fused-ring (bicyclic) bond motifs is 3. The lowest BCUT2D eigenvalue weighted by molar-refractivity contribution is 0.410. The predicted octanol–water partition coefficient (Wildman–Crippen LogP) is 4.72. The summed E-state index contributed by atoms with van der Waals surface area (Å²) in [5.74, 6) is 1.69. The molecule has 3 rings (SSSR count). The van der Waals surface area contributed by atoms with Crippen LogP contribution in [-0.4, -0.2) is 28.3 Å². The molecule has 0 bridgehead atoms. The summed E-state index contributed by atoms with van der Waals surface area (Å²) in [6.07, 6.45) is 1.90. The Morgan fingerprint density at radius 1 is 0.913 bits per heavy atom. The van der Waals surface area contributed by atoms with Gasteiger partial charge < -0.3 is 14.4 Å². The summed E-state index contributed by atoms with van der Waals surface area (Å²) in [7, 11) is 7.49. The number of methoxy groups -OCH3 is 2. The maximum absolute atomic E-state index is 5.61. The molecule has 23 heavy (non-hydrogen) atoms. The first kappa shape index (κ1) is 15.2. The number of anilines is 1. The SMILES string of the molecule is C=Cc1cccc2c1c(N(C)C)cc1c(OC)ccc(OC)c12. The maximum atomic E-state index is 5.61. The van der Waals surface area contributed by atoms with Gasteiger partial charge in [0.15, 0.2) is 0 Å². The number of benzene rings is 3. The van der Waals surface area contributed by atoms with Gasteiger partial charge in [-0.2, -0.15) is 0 Å². The Kier molecular flexibility index (Phi) is 3.87. The van der Waals surface area contributed by atoms with Gasteiger partial charge in [-0.25, -0.2) is 0 Å². The molecule has 0 heterocycles. The third-order valence-electron chi connectivity index (χ3n) is 4.21. The zero-order valence-electron chi connectivity index (χ0n) is 14.0. The molecule has 3 nitrogen and oxygen atoms in total. The largest absolute Gasteiger partial charge is 0.496 e. The summed E-state index contributed by atoms with van der Waals surface area (Å²) in [5.41, 5.74) is 2.24. The molecule has 0 atom stereocenters. The van der Waals surface area contributed by atoms with Crippen molar-refractivity contribution in [1.29, 1.82) is 0 Å². The molecule has 0 aliphatic heterocycles. The average Bonchev–Trinajstić information content (AvgIpc) is 2.58. The van der Waals surface area contributed by atoms with Crippen molar-refractivity contribution in [2.45, 2.75) is 0 Å². The van der Waals surface area contributed by atoms with Crippen LogP contribution in [0.2, 0.25) is 0 Å². The molecule has 0 radical (unpaired) electrons. The molecule has 0 saturated carbocycles. The number of nitrogens with zero attached hydrogens (tertiary/aromatic N) is 1. The molecule has 0 N–H and O–H groups in total. The first-order chi connectivity index (χ1) is 11.1. The minimum Gasteiger partial charge on any atom is -0.496 e. The second-order valence-electron chi connectivity index (χ2n) is 5.66. The van der Waals surface area contributed by atoms with Crippen LogP contribution in [0.15, 0.2) is 43.0 Å². The van der Waals surface area contributed by atoms with Crippen LogP contribution >= 0.6 is 0 Å². The van der Waals surface area contributed by atoms with Crippen LogP contribution in [-0.2, 0) is 0 Å². The van der Waals surface area contributed by atoms with Crippen LogP contribution in [0, 0.1) is 0 Å². The zero-order chi connectivity index (χ0) is 16.6. The van der Waals surface area contributed by atoms with Crippen molar-refractivity contribution in [2.24, 2.45) is 0 Å². The van der Waals surface area contributed by atoms with Crippen LogP contribution in [0.1, 0.15) is 5.56 Å². The van der Waals surface area contributed by atoms with Crippen LogP contribution in [0.25, 0.3) is 27.6 Å². The highest BCUT2D eigenvalue weighted by molar-refractivity contribution is 6.19. The van der Waals surface area contributed by atoms with Crippen LogP contribution in [0.3, 0.4) is 0 Å².